The number of hydrogen-bond donors (Lipinski definition) is 0. The molecule has 0 radical (unpaired) electrons. The fraction of sp³-hybridized carbons (Fsp3) is 0.385. The number of nitro groups is 1. The Morgan fingerprint density at radius 1 is 1.42 bits per heavy atom. The van der Waals surface area contributed by atoms with E-state index in [0.717, 1.165) is 12.1 Å². The quantitative estimate of drug-likeness (QED) is 0.625. The first-order valence-corrected chi connectivity index (χ1v) is 6.13. The predicted octanol–water partition coefficient (Wildman–Crippen LogP) is 2.82. The standard InChI is InChI=1S/C13H16N4O2/c1-9(2)7-16-8-14-15-13(16)11-5-4-6-12(10(11)3)17(18)19/h4-6,8-9H,7H2,1-3H3. The highest BCUT2D eigenvalue weighted by molar-refractivity contribution is 5.65. The zero-order chi connectivity index (χ0) is 14.0. The van der Waals surface area contributed by atoms with Crippen molar-refractivity contribution in [2.24, 2.45) is 5.92 Å². The third-order valence-electron chi connectivity index (χ3n) is 2.92. The van der Waals surface area contributed by atoms with E-state index in [2.05, 4.69) is 24.0 Å². The van der Waals surface area contributed by atoms with Crippen LogP contribution in [-0.2, 0) is 6.54 Å². The van der Waals surface area contributed by atoms with Crippen LogP contribution in [0.3, 0.4) is 0 Å². The molecule has 0 aliphatic carbocycles. The van der Waals surface area contributed by atoms with Gasteiger partial charge in [0.1, 0.15) is 6.33 Å². The fourth-order valence-electron chi connectivity index (χ4n) is 2.05. The highest BCUT2D eigenvalue weighted by Crippen LogP contribution is 2.28. The van der Waals surface area contributed by atoms with Gasteiger partial charge in [-0.05, 0) is 12.8 Å². The maximum atomic E-state index is 11.0. The lowest BCUT2D eigenvalue weighted by Gasteiger charge is -2.10. The normalized spacial score (nSPS) is 10.9. The number of benzene rings is 1. The zero-order valence-corrected chi connectivity index (χ0v) is 11.2. The summed E-state index contributed by atoms with van der Waals surface area (Å²) in [7, 11) is 0. The van der Waals surface area contributed by atoms with Crippen LogP contribution in [0.2, 0.25) is 0 Å². The molecule has 0 saturated heterocycles. The lowest BCUT2D eigenvalue weighted by Crippen LogP contribution is -2.06. The summed E-state index contributed by atoms with van der Waals surface area (Å²) in [6.45, 7) is 6.72. The minimum absolute atomic E-state index is 0.108. The average Bonchev–Trinajstić information content (AvgIpc) is 2.76. The fourth-order valence-corrected chi connectivity index (χ4v) is 2.05. The molecule has 0 unspecified atom stereocenters. The lowest BCUT2D eigenvalue weighted by atomic mass is 10.1. The van der Waals surface area contributed by atoms with Gasteiger partial charge in [-0.1, -0.05) is 26.0 Å². The Kier molecular flexibility index (Phi) is 3.59. The van der Waals surface area contributed by atoms with E-state index in [0.29, 0.717) is 17.3 Å². The van der Waals surface area contributed by atoms with Crippen molar-refractivity contribution in [1.82, 2.24) is 14.8 Å². The summed E-state index contributed by atoms with van der Waals surface area (Å²) in [4.78, 5) is 10.6. The summed E-state index contributed by atoms with van der Waals surface area (Å²) in [5.41, 5.74) is 1.48. The van der Waals surface area contributed by atoms with Crippen molar-refractivity contribution in [2.75, 3.05) is 0 Å². The van der Waals surface area contributed by atoms with E-state index in [-0.39, 0.29) is 10.6 Å². The largest absolute Gasteiger partial charge is 0.313 e. The van der Waals surface area contributed by atoms with Gasteiger partial charge in [0.15, 0.2) is 5.82 Å². The van der Waals surface area contributed by atoms with Crippen molar-refractivity contribution in [2.45, 2.75) is 27.3 Å². The number of aromatic nitrogens is 3. The minimum Gasteiger partial charge on any atom is -0.313 e. The monoisotopic (exact) mass is 260 g/mol. The summed E-state index contributed by atoms with van der Waals surface area (Å²) < 4.78 is 1.93. The van der Waals surface area contributed by atoms with Gasteiger partial charge in [-0.3, -0.25) is 10.1 Å². The maximum Gasteiger partial charge on any atom is 0.273 e. The molecule has 0 aliphatic rings. The van der Waals surface area contributed by atoms with E-state index < -0.39 is 0 Å². The molecule has 0 fully saturated rings. The number of hydrogen-bond acceptors (Lipinski definition) is 4. The molecule has 19 heavy (non-hydrogen) atoms. The van der Waals surface area contributed by atoms with Gasteiger partial charge in [-0.25, -0.2) is 0 Å². The number of nitrogens with zero attached hydrogens (tertiary/aromatic N) is 4. The Labute approximate surface area is 111 Å². The highest BCUT2D eigenvalue weighted by Gasteiger charge is 2.18. The van der Waals surface area contributed by atoms with Gasteiger partial charge in [-0.15, -0.1) is 10.2 Å². The molecule has 6 heteroatoms. The number of rotatable bonds is 4. The van der Waals surface area contributed by atoms with E-state index in [1.165, 1.54) is 6.07 Å². The van der Waals surface area contributed by atoms with Crippen molar-refractivity contribution in [3.8, 4) is 11.4 Å². The van der Waals surface area contributed by atoms with Gasteiger partial charge in [0.2, 0.25) is 0 Å². The molecule has 6 nitrogen and oxygen atoms in total. The minimum atomic E-state index is -0.373. The van der Waals surface area contributed by atoms with Crippen LogP contribution in [-0.4, -0.2) is 19.7 Å². The molecule has 1 aromatic heterocycles. The molecular formula is C13H16N4O2. The second kappa shape index (κ2) is 5.17. The number of nitro benzene ring substituents is 1. The van der Waals surface area contributed by atoms with Gasteiger partial charge in [0.25, 0.3) is 5.69 Å². The van der Waals surface area contributed by atoms with Gasteiger partial charge >= 0.3 is 0 Å². The second-order valence-electron chi connectivity index (χ2n) is 4.91. The van der Waals surface area contributed by atoms with Gasteiger partial charge in [0.05, 0.1) is 4.92 Å². The van der Waals surface area contributed by atoms with Crippen LogP contribution < -0.4 is 0 Å². The summed E-state index contributed by atoms with van der Waals surface area (Å²) in [5.74, 6) is 1.13. The molecule has 0 N–H and O–H groups in total. The smallest absolute Gasteiger partial charge is 0.273 e. The van der Waals surface area contributed by atoms with Crippen molar-refractivity contribution >= 4 is 5.69 Å². The lowest BCUT2D eigenvalue weighted by molar-refractivity contribution is -0.385. The Morgan fingerprint density at radius 3 is 2.79 bits per heavy atom. The molecule has 1 aromatic carbocycles. The van der Waals surface area contributed by atoms with Crippen LogP contribution in [0.5, 0.6) is 0 Å². The Morgan fingerprint density at radius 2 is 2.16 bits per heavy atom. The molecule has 1 heterocycles. The molecule has 2 rings (SSSR count). The topological polar surface area (TPSA) is 73.8 Å². The summed E-state index contributed by atoms with van der Waals surface area (Å²) in [6, 6.07) is 5.01. The molecule has 2 aromatic rings. The van der Waals surface area contributed by atoms with E-state index in [9.17, 15) is 10.1 Å². The average molecular weight is 260 g/mol. The first-order valence-electron chi connectivity index (χ1n) is 6.13. The van der Waals surface area contributed by atoms with E-state index in [1.54, 1.807) is 19.3 Å². The molecule has 0 spiro atoms. The summed E-state index contributed by atoms with van der Waals surface area (Å²) in [6.07, 6.45) is 1.66. The third kappa shape index (κ3) is 2.62. The van der Waals surface area contributed by atoms with Crippen LogP contribution >= 0.6 is 0 Å². The Hall–Kier alpha value is -2.24. The predicted molar refractivity (Wildman–Crippen MR) is 71.7 cm³/mol. The Bertz CT molecular complexity index is 604. The zero-order valence-electron chi connectivity index (χ0n) is 11.2. The van der Waals surface area contributed by atoms with Crippen molar-refractivity contribution in [3.05, 3.63) is 40.2 Å². The van der Waals surface area contributed by atoms with Crippen molar-refractivity contribution < 1.29 is 4.92 Å². The first-order chi connectivity index (χ1) is 9.00. The van der Waals surface area contributed by atoms with Gasteiger partial charge < -0.3 is 4.57 Å². The molecule has 0 saturated carbocycles. The van der Waals surface area contributed by atoms with Crippen molar-refractivity contribution in [3.63, 3.8) is 0 Å². The van der Waals surface area contributed by atoms with Crippen molar-refractivity contribution in [1.29, 1.82) is 0 Å². The summed E-state index contributed by atoms with van der Waals surface area (Å²) in [5, 5.41) is 19.0. The van der Waals surface area contributed by atoms with E-state index in [4.69, 9.17) is 0 Å². The van der Waals surface area contributed by atoms with Gasteiger partial charge in [-0.2, -0.15) is 0 Å². The molecule has 0 amide bonds. The maximum absolute atomic E-state index is 11.0. The Balaban J connectivity index is 2.51. The van der Waals surface area contributed by atoms with Crippen LogP contribution in [0.1, 0.15) is 19.4 Å². The van der Waals surface area contributed by atoms with Crippen LogP contribution in [0.15, 0.2) is 24.5 Å². The third-order valence-corrected chi connectivity index (χ3v) is 2.92. The molecule has 0 atom stereocenters. The van der Waals surface area contributed by atoms with Gasteiger partial charge in [0, 0.05) is 23.7 Å². The first kappa shape index (κ1) is 13.2. The molecule has 0 bridgehead atoms. The summed E-state index contributed by atoms with van der Waals surface area (Å²) >= 11 is 0. The molecular weight excluding hydrogens is 244 g/mol. The van der Waals surface area contributed by atoms with Crippen LogP contribution in [0, 0.1) is 23.0 Å². The second-order valence-corrected chi connectivity index (χ2v) is 4.91. The van der Waals surface area contributed by atoms with Crippen LogP contribution in [0.4, 0.5) is 5.69 Å². The molecule has 0 aliphatic heterocycles. The van der Waals surface area contributed by atoms with E-state index in [1.807, 2.05) is 10.6 Å². The highest BCUT2D eigenvalue weighted by atomic mass is 16.6. The van der Waals surface area contributed by atoms with E-state index >= 15 is 0 Å². The SMILES string of the molecule is Cc1c(-c2nncn2CC(C)C)cccc1[N+](=O)[O-]. The van der Waals surface area contributed by atoms with Crippen LogP contribution in [0.25, 0.3) is 11.4 Å². The molecule has 100 valence electrons.